The minimum atomic E-state index is -0.508. The van der Waals surface area contributed by atoms with E-state index in [2.05, 4.69) is 95.1 Å². The number of ether oxygens (including phenoxy) is 1. The minimum Gasteiger partial charge on any atom is -0.512 e. The summed E-state index contributed by atoms with van der Waals surface area (Å²) >= 11 is 0. The monoisotopic (exact) mass is 580 g/mol. The molecular formula is C40H52O3. The van der Waals surface area contributed by atoms with E-state index >= 15 is 0 Å². The summed E-state index contributed by atoms with van der Waals surface area (Å²) in [6, 6.07) is 0. The number of allylic oxidation sites excluding steroid dienone is 18. The summed E-state index contributed by atoms with van der Waals surface area (Å²) in [4.78, 5) is 12.4. The third-order valence-corrected chi connectivity index (χ3v) is 7.90. The number of hydrogen-bond donors (Lipinski definition) is 1. The van der Waals surface area contributed by atoms with Crippen molar-refractivity contribution in [1.29, 1.82) is 0 Å². The lowest BCUT2D eigenvalue weighted by atomic mass is 9.62. The summed E-state index contributed by atoms with van der Waals surface area (Å²) in [6.07, 6.45) is 29.5. The first-order valence-corrected chi connectivity index (χ1v) is 15.4. The van der Waals surface area contributed by atoms with Crippen molar-refractivity contribution < 1.29 is 14.6 Å². The quantitative estimate of drug-likeness (QED) is 0.150. The van der Waals surface area contributed by atoms with Gasteiger partial charge >= 0.3 is 0 Å². The van der Waals surface area contributed by atoms with Gasteiger partial charge in [-0.3, -0.25) is 4.79 Å². The maximum atomic E-state index is 12.4. The smallest absolute Gasteiger partial charge is 0.167 e. The molecule has 0 amide bonds. The Morgan fingerprint density at radius 1 is 0.930 bits per heavy atom. The molecular weight excluding hydrogens is 528 g/mol. The van der Waals surface area contributed by atoms with Gasteiger partial charge in [-0.25, -0.2) is 0 Å². The van der Waals surface area contributed by atoms with Crippen LogP contribution in [0.1, 0.15) is 82.1 Å². The lowest BCUT2D eigenvalue weighted by Gasteiger charge is -2.40. The van der Waals surface area contributed by atoms with Crippen LogP contribution < -0.4 is 0 Å². The summed E-state index contributed by atoms with van der Waals surface area (Å²) in [5.41, 5.74) is 4.86. The number of hydrogen-bond acceptors (Lipinski definition) is 3. The maximum Gasteiger partial charge on any atom is 0.167 e. The van der Waals surface area contributed by atoms with E-state index in [-0.39, 0.29) is 23.2 Å². The molecule has 2 heterocycles. The van der Waals surface area contributed by atoms with Crippen LogP contribution >= 0.6 is 0 Å². The van der Waals surface area contributed by atoms with Crippen molar-refractivity contribution in [3.63, 3.8) is 0 Å². The predicted octanol–water partition coefficient (Wildman–Crippen LogP) is 10.2. The molecule has 43 heavy (non-hydrogen) atoms. The molecule has 0 saturated carbocycles. The van der Waals surface area contributed by atoms with Crippen molar-refractivity contribution in [1.82, 2.24) is 0 Å². The van der Waals surface area contributed by atoms with Gasteiger partial charge < -0.3 is 9.84 Å². The number of rotatable bonds is 11. The normalized spacial score (nSPS) is 25.8. The summed E-state index contributed by atoms with van der Waals surface area (Å²) in [6.45, 7) is 20.7. The van der Waals surface area contributed by atoms with Crippen molar-refractivity contribution in [2.24, 2.45) is 17.3 Å². The number of ketones is 1. The highest BCUT2D eigenvalue weighted by atomic mass is 16.5. The van der Waals surface area contributed by atoms with Crippen LogP contribution in [0.15, 0.2) is 119 Å². The SMILES string of the molecule is C\C(C#C/C=C(\C)C/C(O)=C\C(C)C)=C/C=C/C(C)=C/C=C/C=C(C)/C=C/C=C(C)/C=C/[C@@]12O[C@@H](CC1(C)C)C(=O)[C@@H]2C. The van der Waals surface area contributed by atoms with Crippen LogP contribution in [0.5, 0.6) is 0 Å². The van der Waals surface area contributed by atoms with E-state index in [4.69, 9.17) is 4.74 Å². The van der Waals surface area contributed by atoms with E-state index in [0.717, 1.165) is 34.3 Å². The first-order valence-electron chi connectivity index (χ1n) is 15.4. The van der Waals surface area contributed by atoms with Gasteiger partial charge in [-0.1, -0.05) is 142 Å². The molecule has 3 nitrogen and oxygen atoms in total. The van der Waals surface area contributed by atoms with Crippen LogP contribution in [0, 0.1) is 29.1 Å². The largest absolute Gasteiger partial charge is 0.512 e. The molecule has 1 N–H and O–H groups in total. The van der Waals surface area contributed by atoms with Gasteiger partial charge in [0.05, 0.1) is 11.7 Å². The van der Waals surface area contributed by atoms with Gasteiger partial charge in [0.2, 0.25) is 0 Å². The van der Waals surface area contributed by atoms with Gasteiger partial charge in [0.1, 0.15) is 11.7 Å². The van der Waals surface area contributed by atoms with Crippen molar-refractivity contribution in [3.05, 3.63) is 119 Å². The fourth-order valence-electron chi connectivity index (χ4n) is 5.43. The summed E-state index contributed by atoms with van der Waals surface area (Å²) in [7, 11) is 0. The highest BCUT2D eigenvalue weighted by Crippen LogP contribution is 2.57. The first kappa shape index (κ1) is 35.6. The van der Waals surface area contributed by atoms with E-state index in [1.165, 1.54) is 0 Å². The Morgan fingerprint density at radius 2 is 1.49 bits per heavy atom. The molecule has 3 atom stereocenters. The van der Waals surface area contributed by atoms with Crippen molar-refractivity contribution >= 4 is 5.78 Å². The zero-order chi connectivity index (χ0) is 32.2. The fourth-order valence-corrected chi connectivity index (χ4v) is 5.43. The lowest BCUT2D eigenvalue weighted by molar-refractivity contribution is -0.125. The number of aliphatic hydroxyl groups excluding tert-OH is 1. The van der Waals surface area contributed by atoms with E-state index in [9.17, 15) is 9.90 Å². The van der Waals surface area contributed by atoms with E-state index in [1.807, 2.05) is 71.1 Å². The van der Waals surface area contributed by atoms with Gasteiger partial charge in [0.15, 0.2) is 5.78 Å². The van der Waals surface area contributed by atoms with Crippen molar-refractivity contribution in [2.75, 3.05) is 0 Å². The molecule has 0 aliphatic carbocycles. The second-order valence-corrected chi connectivity index (χ2v) is 13.0. The maximum absolute atomic E-state index is 12.4. The molecule has 2 bridgehead atoms. The molecule has 0 unspecified atom stereocenters. The molecule has 2 saturated heterocycles. The summed E-state index contributed by atoms with van der Waals surface area (Å²) in [5.74, 6) is 7.06. The fraction of sp³-hybridized carbons (Fsp3) is 0.425. The van der Waals surface area contributed by atoms with Crippen LogP contribution in [0.3, 0.4) is 0 Å². The second kappa shape index (κ2) is 16.3. The number of carbonyl (C=O) groups is 1. The van der Waals surface area contributed by atoms with Crippen molar-refractivity contribution in [3.8, 4) is 11.8 Å². The van der Waals surface area contributed by atoms with Crippen LogP contribution in [0.2, 0.25) is 0 Å². The average Bonchev–Trinajstić information content (AvgIpc) is 3.32. The number of Topliss-reactive ketones (excluding diaryl/α,β-unsaturated/α-hetero) is 1. The Kier molecular flexibility index (Phi) is 13.5. The Morgan fingerprint density at radius 3 is 2.07 bits per heavy atom. The molecule has 2 fully saturated rings. The van der Waals surface area contributed by atoms with Gasteiger partial charge in [-0.15, -0.1) is 0 Å². The molecule has 0 aromatic rings. The van der Waals surface area contributed by atoms with Crippen molar-refractivity contribution in [2.45, 2.75) is 93.8 Å². The van der Waals surface area contributed by atoms with Crippen LogP contribution in [-0.4, -0.2) is 22.6 Å². The molecule has 0 aromatic heterocycles. The van der Waals surface area contributed by atoms with Crippen LogP contribution in [0.4, 0.5) is 0 Å². The molecule has 3 heteroatoms. The molecule has 0 spiro atoms. The van der Waals surface area contributed by atoms with Gasteiger partial charge in [-0.2, -0.15) is 0 Å². The highest BCUT2D eigenvalue weighted by molar-refractivity contribution is 5.90. The molecule has 230 valence electrons. The van der Waals surface area contributed by atoms with E-state index < -0.39 is 5.60 Å². The highest BCUT2D eigenvalue weighted by Gasteiger charge is 2.65. The standard InChI is InChI=1S/C40H52O3/c1-29(2)26-36(41)27-34(7)23-15-21-32(5)20-13-18-30(3)16-11-12-17-31(4)19-14-22-33(6)24-25-40-35(8)38(42)37(43-40)28-39(40,9)10/h11-14,16-20,22-26,29,35,37,41H,27-28H2,1-10H3/b12-11+,18-13+,19-14+,25-24+,30-16+,31-17+,32-20+,33-22+,34-23+,36-26+/t35-,37-,40-/m0/s1. The molecule has 2 aliphatic rings. The zero-order valence-corrected chi connectivity index (χ0v) is 28.0. The molecule has 0 radical (unpaired) electrons. The number of carbonyl (C=O) groups excluding carboxylic acids is 1. The Balaban J connectivity index is 1.87. The first-order chi connectivity index (χ1) is 20.2. The van der Waals surface area contributed by atoms with Gasteiger partial charge in [-0.05, 0) is 64.7 Å². The second-order valence-electron chi connectivity index (χ2n) is 13.0. The molecule has 2 aliphatic heterocycles. The molecule has 2 rings (SSSR count). The zero-order valence-electron chi connectivity index (χ0n) is 28.0. The van der Waals surface area contributed by atoms with E-state index in [0.29, 0.717) is 18.1 Å². The van der Waals surface area contributed by atoms with Crippen LogP contribution in [-0.2, 0) is 9.53 Å². The lowest BCUT2D eigenvalue weighted by Crippen LogP contribution is -2.47. The average molecular weight is 581 g/mol. The number of aliphatic hydroxyl groups is 1. The van der Waals surface area contributed by atoms with Gasteiger partial charge in [0, 0.05) is 11.8 Å². The number of fused-ring (bicyclic) bond motifs is 2. The van der Waals surface area contributed by atoms with E-state index in [1.54, 1.807) is 0 Å². The Bertz CT molecular complexity index is 1380. The third-order valence-electron chi connectivity index (χ3n) is 7.90. The summed E-state index contributed by atoms with van der Waals surface area (Å²) < 4.78 is 6.21. The Hall–Kier alpha value is -3.61. The van der Waals surface area contributed by atoms with Gasteiger partial charge in [0.25, 0.3) is 0 Å². The van der Waals surface area contributed by atoms with Crippen LogP contribution in [0.25, 0.3) is 0 Å². The Labute approximate surface area is 261 Å². The summed E-state index contributed by atoms with van der Waals surface area (Å²) in [5, 5.41) is 9.93. The minimum absolute atomic E-state index is 0.0509. The third kappa shape index (κ3) is 10.9. The predicted molar refractivity (Wildman–Crippen MR) is 183 cm³/mol. The molecule has 0 aromatic carbocycles. The topological polar surface area (TPSA) is 46.5 Å².